The van der Waals surface area contributed by atoms with Crippen LogP contribution in [0.25, 0.3) is 0 Å². The molecule has 1 saturated carbocycles. The van der Waals surface area contributed by atoms with E-state index in [1.165, 1.54) is 36.4 Å². The quantitative estimate of drug-likeness (QED) is 0.622. The number of hydrogen-bond acceptors (Lipinski definition) is 4. The molecule has 1 atom stereocenters. The number of rotatable bonds is 10. The van der Waals surface area contributed by atoms with E-state index in [1.807, 2.05) is 32.9 Å². The molecule has 0 radical (unpaired) electrons. The van der Waals surface area contributed by atoms with Crippen LogP contribution in [0.15, 0.2) is 29.2 Å². The van der Waals surface area contributed by atoms with Crippen molar-refractivity contribution in [1.29, 1.82) is 0 Å². The van der Waals surface area contributed by atoms with Gasteiger partial charge in [-0.25, -0.2) is 8.42 Å². The van der Waals surface area contributed by atoms with Crippen LogP contribution in [-0.4, -0.2) is 44.8 Å². The highest BCUT2D eigenvalue weighted by molar-refractivity contribution is 7.89. The van der Waals surface area contributed by atoms with Gasteiger partial charge in [-0.05, 0) is 43.4 Å². The number of sulfonamides is 1. The van der Waals surface area contributed by atoms with Crippen LogP contribution in [0.4, 0.5) is 0 Å². The van der Waals surface area contributed by atoms with E-state index in [9.17, 15) is 13.2 Å². The molecule has 0 bridgehead atoms. The van der Waals surface area contributed by atoms with Gasteiger partial charge in [0.1, 0.15) is 0 Å². The summed E-state index contributed by atoms with van der Waals surface area (Å²) >= 11 is 0. The van der Waals surface area contributed by atoms with Gasteiger partial charge in [-0.1, -0.05) is 45.2 Å². The van der Waals surface area contributed by atoms with Crippen molar-refractivity contribution in [2.45, 2.75) is 63.8 Å². The van der Waals surface area contributed by atoms with Crippen LogP contribution in [0.5, 0.6) is 0 Å². The second-order valence-corrected chi connectivity index (χ2v) is 9.51. The second-order valence-electron chi connectivity index (χ2n) is 7.57. The monoisotopic (exact) mass is 409 g/mol. The Morgan fingerprint density at radius 3 is 2.29 bits per heavy atom. The molecule has 1 aromatic carbocycles. The zero-order chi connectivity index (χ0) is 20.6. The largest absolute Gasteiger partial charge is 0.355 e. The zero-order valence-corrected chi connectivity index (χ0v) is 18.2. The highest BCUT2D eigenvalue weighted by Gasteiger charge is 2.21. The summed E-state index contributed by atoms with van der Waals surface area (Å²) in [6, 6.07) is 6.88. The van der Waals surface area contributed by atoms with Gasteiger partial charge in [0.2, 0.25) is 15.9 Å². The number of carbonyl (C=O) groups is 1. The fourth-order valence-electron chi connectivity index (χ4n) is 3.72. The first-order chi connectivity index (χ1) is 13.4. The number of benzene rings is 1. The predicted molar refractivity (Wildman–Crippen MR) is 113 cm³/mol. The molecular weight excluding hydrogens is 374 g/mol. The van der Waals surface area contributed by atoms with Crippen LogP contribution in [0, 0.1) is 5.92 Å². The standard InChI is InChI=1S/C21H35N3O3S/c1-4-24(5-2)28(26,27)20-13-11-19(12-14-20)17(3)22-16-21(25)23-15-18-9-7-6-8-10-18/h11-14,17-18,22H,4-10,15-16H2,1-3H3,(H,23,25)/t17-/m1/s1. The number of carbonyl (C=O) groups excluding carboxylic acids is 1. The maximum Gasteiger partial charge on any atom is 0.243 e. The molecule has 0 aliphatic heterocycles. The minimum atomic E-state index is -3.44. The van der Waals surface area contributed by atoms with Gasteiger partial charge in [-0.3, -0.25) is 4.79 Å². The highest BCUT2D eigenvalue weighted by atomic mass is 32.2. The molecule has 6 nitrogen and oxygen atoms in total. The Kier molecular flexibility index (Phi) is 8.92. The van der Waals surface area contributed by atoms with Crippen LogP contribution in [0.2, 0.25) is 0 Å². The van der Waals surface area contributed by atoms with Crippen molar-refractivity contribution in [3.8, 4) is 0 Å². The van der Waals surface area contributed by atoms with Crippen molar-refractivity contribution in [3.63, 3.8) is 0 Å². The average Bonchev–Trinajstić information content (AvgIpc) is 2.72. The Morgan fingerprint density at radius 1 is 1.11 bits per heavy atom. The van der Waals surface area contributed by atoms with Crippen LogP contribution in [0.1, 0.15) is 64.5 Å². The fourth-order valence-corrected chi connectivity index (χ4v) is 5.17. The minimum absolute atomic E-state index is 0.0122. The van der Waals surface area contributed by atoms with Gasteiger partial charge in [-0.2, -0.15) is 4.31 Å². The lowest BCUT2D eigenvalue weighted by molar-refractivity contribution is -0.120. The molecule has 2 rings (SSSR count). The Morgan fingerprint density at radius 2 is 1.71 bits per heavy atom. The van der Waals surface area contributed by atoms with E-state index >= 15 is 0 Å². The van der Waals surface area contributed by atoms with Crippen molar-refractivity contribution < 1.29 is 13.2 Å². The van der Waals surface area contributed by atoms with Gasteiger partial charge >= 0.3 is 0 Å². The van der Waals surface area contributed by atoms with Gasteiger partial charge in [0.05, 0.1) is 11.4 Å². The third-order valence-corrected chi connectivity index (χ3v) is 7.67. The van der Waals surface area contributed by atoms with Crippen molar-refractivity contribution in [2.24, 2.45) is 5.92 Å². The fraction of sp³-hybridized carbons (Fsp3) is 0.667. The summed E-state index contributed by atoms with van der Waals surface area (Å²) in [5, 5.41) is 6.25. The van der Waals surface area contributed by atoms with E-state index in [0.717, 1.165) is 12.1 Å². The number of nitrogens with one attached hydrogen (secondary N) is 2. The molecule has 1 fully saturated rings. The van der Waals surface area contributed by atoms with E-state index in [-0.39, 0.29) is 18.5 Å². The molecule has 158 valence electrons. The molecule has 1 aliphatic rings. The van der Waals surface area contributed by atoms with Crippen molar-refractivity contribution >= 4 is 15.9 Å². The molecule has 7 heteroatoms. The molecule has 28 heavy (non-hydrogen) atoms. The molecule has 0 spiro atoms. The van der Waals surface area contributed by atoms with Gasteiger partial charge in [0, 0.05) is 25.7 Å². The Labute approximate surface area is 170 Å². The molecule has 0 heterocycles. The Bertz CT molecular complexity index is 709. The Balaban J connectivity index is 1.83. The van der Waals surface area contributed by atoms with E-state index in [4.69, 9.17) is 0 Å². The summed E-state index contributed by atoms with van der Waals surface area (Å²) < 4.78 is 26.5. The summed E-state index contributed by atoms with van der Waals surface area (Å²) in [4.78, 5) is 12.4. The lowest BCUT2D eigenvalue weighted by Gasteiger charge is -2.22. The molecule has 2 N–H and O–H groups in total. The summed E-state index contributed by atoms with van der Waals surface area (Å²) in [7, 11) is -3.44. The lowest BCUT2D eigenvalue weighted by Crippen LogP contribution is -2.37. The average molecular weight is 410 g/mol. The van der Waals surface area contributed by atoms with Crippen LogP contribution < -0.4 is 10.6 Å². The second kappa shape index (κ2) is 10.9. The third kappa shape index (κ3) is 6.29. The maximum absolute atomic E-state index is 12.6. The summed E-state index contributed by atoms with van der Waals surface area (Å²) in [5.41, 5.74) is 0.957. The molecule has 0 saturated heterocycles. The van der Waals surface area contributed by atoms with Gasteiger partial charge in [0.15, 0.2) is 0 Å². The molecule has 0 unspecified atom stereocenters. The molecule has 1 amide bonds. The van der Waals surface area contributed by atoms with Gasteiger partial charge < -0.3 is 10.6 Å². The summed E-state index contributed by atoms with van der Waals surface area (Å²) in [5.74, 6) is 0.633. The molecular formula is C21H35N3O3S. The smallest absolute Gasteiger partial charge is 0.243 e. The van der Waals surface area contributed by atoms with Crippen molar-refractivity contribution in [3.05, 3.63) is 29.8 Å². The SMILES string of the molecule is CCN(CC)S(=O)(=O)c1ccc([C@@H](C)NCC(=O)NCC2CCCCC2)cc1. The summed E-state index contributed by atoms with van der Waals surface area (Å²) in [6.45, 7) is 7.58. The van der Waals surface area contributed by atoms with Crippen LogP contribution in [-0.2, 0) is 14.8 Å². The van der Waals surface area contributed by atoms with Gasteiger partial charge in [-0.15, -0.1) is 0 Å². The van der Waals surface area contributed by atoms with E-state index in [0.29, 0.717) is 23.9 Å². The normalized spacial score (nSPS) is 16.9. The van der Waals surface area contributed by atoms with E-state index < -0.39 is 10.0 Å². The first-order valence-electron chi connectivity index (χ1n) is 10.5. The molecule has 1 aliphatic carbocycles. The van der Waals surface area contributed by atoms with E-state index in [2.05, 4.69) is 10.6 Å². The Hall–Kier alpha value is -1.44. The topological polar surface area (TPSA) is 78.5 Å². The molecule has 0 aromatic heterocycles. The number of hydrogen-bond donors (Lipinski definition) is 2. The maximum atomic E-state index is 12.6. The zero-order valence-electron chi connectivity index (χ0n) is 17.4. The predicted octanol–water partition coefficient (Wildman–Crippen LogP) is 3.06. The molecule has 1 aromatic rings. The highest BCUT2D eigenvalue weighted by Crippen LogP contribution is 2.22. The van der Waals surface area contributed by atoms with Crippen LogP contribution >= 0.6 is 0 Å². The number of amides is 1. The first-order valence-corrected chi connectivity index (χ1v) is 11.9. The third-order valence-electron chi connectivity index (χ3n) is 5.60. The van der Waals surface area contributed by atoms with Gasteiger partial charge in [0.25, 0.3) is 0 Å². The number of nitrogens with zero attached hydrogens (tertiary/aromatic N) is 1. The van der Waals surface area contributed by atoms with E-state index in [1.54, 1.807) is 12.1 Å². The van der Waals surface area contributed by atoms with Crippen molar-refractivity contribution in [2.75, 3.05) is 26.2 Å². The summed E-state index contributed by atoms with van der Waals surface area (Å²) in [6.07, 6.45) is 6.30. The van der Waals surface area contributed by atoms with Crippen molar-refractivity contribution in [1.82, 2.24) is 14.9 Å². The first kappa shape index (κ1) is 22.8. The minimum Gasteiger partial charge on any atom is -0.355 e. The lowest BCUT2D eigenvalue weighted by atomic mass is 9.89. The van der Waals surface area contributed by atoms with Crippen LogP contribution in [0.3, 0.4) is 0 Å².